The Morgan fingerprint density at radius 2 is 1.79 bits per heavy atom. The van der Waals surface area contributed by atoms with Crippen molar-refractivity contribution < 1.29 is 14.7 Å². The van der Waals surface area contributed by atoms with Crippen LogP contribution in [0, 0.1) is 11.3 Å². The van der Waals surface area contributed by atoms with Gasteiger partial charge in [-0.2, -0.15) is 5.26 Å². The van der Waals surface area contributed by atoms with Gasteiger partial charge in [0.1, 0.15) is 11.6 Å². The van der Waals surface area contributed by atoms with Gasteiger partial charge in [0.25, 0.3) is 5.91 Å². The first-order chi connectivity index (χ1) is 11.4. The molecule has 2 rings (SSSR count). The van der Waals surface area contributed by atoms with Gasteiger partial charge in [-0.1, -0.05) is 29.3 Å². The van der Waals surface area contributed by atoms with Gasteiger partial charge >= 0.3 is 5.97 Å². The number of nitriles is 1. The van der Waals surface area contributed by atoms with E-state index in [0.717, 1.165) is 0 Å². The summed E-state index contributed by atoms with van der Waals surface area (Å²) in [5.41, 5.74) is 0.792. The van der Waals surface area contributed by atoms with E-state index < -0.39 is 11.9 Å². The normalized spacial score (nSPS) is 10.8. The summed E-state index contributed by atoms with van der Waals surface area (Å²) in [6.45, 7) is 0. The van der Waals surface area contributed by atoms with Crippen molar-refractivity contribution in [2.75, 3.05) is 5.32 Å². The van der Waals surface area contributed by atoms with E-state index >= 15 is 0 Å². The van der Waals surface area contributed by atoms with Crippen molar-refractivity contribution in [1.29, 1.82) is 5.26 Å². The molecule has 0 spiro atoms. The van der Waals surface area contributed by atoms with Crippen LogP contribution in [0.5, 0.6) is 0 Å². The molecule has 0 heterocycles. The number of nitrogens with one attached hydrogen (secondary N) is 1. The molecule has 0 aliphatic carbocycles. The SMILES string of the molecule is N#C/C(=C\c1ccc(Cl)cc1Cl)C(=O)Nc1ccc(C(=O)O)cc1. The zero-order valence-electron chi connectivity index (χ0n) is 12.1. The van der Waals surface area contributed by atoms with Crippen molar-refractivity contribution >= 4 is 46.8 Å². The highest BCUT2D eigenvalue weighted by atomic mass is 35.5. The molecule has 0 unspecified atom stereocenters. The fourth-order valence-electron chi connectivity index (χ4n) is 1.82. The lowest BCUT2D eigenvalue weighted by Crippen LogP contribution is -2.13. The third kappa shape index (κ3) is 4.35. The van der Waals surface area contributed by atoms with Gasteiger partial charge in [0, 0.05) is 15.7 Å². The minimum atomic E-state index is -1.07. The summed E-state index contributed by atoms with van der Waals surface area (Å²) in [5.74, 6) is -1.70. The Morgan fingerprint density at radius 1 is 1.12 bits per heavy atom. The zero-order valence-corrected chi connectivity index (χ0v) is 13.6. The van der Waals surface area contributed by atoms with Crippen LogP contribution in [0.3, 0.4) is 0 Å². The first-order valence-electron chi connectivity index (χ1n) is 6.62. The average molecular weight is 361 g/mol. The first kappa shape index (κ1) is 17.5. The lowest BCUT2D eigenvalue weighted by Gasteiger charge is -2.05. The molecule has 0 bridgehead atoms. The Labute approximate surface area is 147 Å². The van der Waals surface area contributed by atoms with E-state index in [2.05, 4.69) is 5.32 Å². The topological polar surface area (TPSA) is 90.2 Å². The Morgan fingerprint density at radius 3 is 2.33 bits per heavy atom. The molecule has 0 radical (unpaired) electrons. The number of aromatic carboxylic acids is 1. The Kier molecular flexibility index (Phi) is 5.59. The van der Waals surface area contributed by atoms with Crippen LogP contribution in [-0.2, 0) is 4.79 Å². The summed E-state index contributed by atoms with van der Waals surface area (Å²) >= 11 is 11.8. The fourth-order valence-corrected chi connectivity index (χ4v) is 2.28. The van der Waals surface area contributed by atoms with Crippen LogP contribution in [0.1, 0.15) is 15.9 Å². The van der Waals surface area contributed by atoms with Gasteiger partial charge in [-0.05, 0) is 48.0 Å². The molecule has 120 valence electrons. The van der Waals surface area contributed by atoms with Crippen molar-refractivity contribution in [2.45, 2.75) is 0 Å². The standard InChI is InChI=1S/C17H10Cl2N2O3/c18-13-4-1-11(15(19)8-13)7-12(9-20)16(22)21-14-5-2-10(3-6-14)17(23)24/h1-8H,(H,21,22)(H,23,24)/b12-7+. The molecule has 0 saturated heterocycles. The summed E-state index contributed by atoms with van der Waals surface area (Å²) in [6.07, 6.45) is 1.35. The van der Waals surface area contributed by atoms with E-state index in [1.165, 1.54) is 36.4 Å². The largest absolute Gasteiger partial charge is 0.478 e. The molecular weight excluding hydrogens is 351 g/mol. The van der Waals surface area contributed by atoms with Crippen molar-refractivity contribution in [3.8, 4) is 6.07 Å². The predicted molar refractivity (Wildman–Crippen MR) is 92.1 cm³/mol. The molecule has 5 nitrogen and oxygen atoms in total. The second kappa shape index (κ2) is 7.64. The van der Waals surface area contributed by atoms with E-state index in [1.54, 1.807) is 18.2 Å². The number of carboxylic acids is 1. The van der Waals surface area contributed by atoms with Crippen LogP contribution in [0.25, 0.3) is 6.08 Å². The molecule has 0 aromatic heterocycles. The molecule has 0 fully saturated rings. The van der Waals surface area contributed by atoms with Gasteiger partial charge < -0.3 is 10.4 Å². The highest BCUT2D eigenvalue weighted by molar-refractivity contribution is 6.35. The minimum absolute atomic E-state index is 0.0944. The molecule has 2 aromatic carbocycles. The minimum Gasteiger partial charge on any atom is -0.478 e. The fraction of sp³-hybridized carbons (Fsp3) is 0. The predicted octanol–water partition coefficient (Wildman–Crippen LogP) is 4.24. The van der Waals surface area contributed by atoms with Crippen molar-refractivity contribution in [3.63, 3.8) is 0 Å². The van der Waals surface area contributed by atoms with Gasteiger partial charge in [-0.25, -0.2) is 4.79 Å². The van der Waals surface area contributed by atoms with Gasteiger partial charge in [-0.15, -0.1) is 0 Å². The second-order valence-corrected chi connectivity index (χ2v) is 5.52. The third-order valence-electron chi connectivity index (χ3n) is 3.02. The summed E-state index contributed by atoms with van der Waals surface area (Å²) in [4.78, 5) is 22.9. The summed E-state index contributed by atoms with van der Waals surface area (Å²) in [5, 5.41) is 21.3. The molecule has 7 heteroatoms. The molecule has 2 N–H and O–H groups in total. The Balaban J connectivity index is 2.21. The number of carbonyl (C=O) groups excluding carboxylic acids is 1. The van der Waals surface area contributed by atoms with E-state index in [-0.39, 0.29) is 11.1 Å². The number of carbonyl (C=O) groups is 2. The van der Waals surface area contributed by atoms with Gasteiger partial charge in [-0.3, -0.25) is 4.79 Å². The summed E-state index contributed by atoms with van der Waals surface area (Å²) in [7, 11) is 0. The van der Waals surface area contributed by atoms with Crippen molar-refractivity contribution in [3.05, 3.63) is 69.2 Å². The maximum atomic E-state index is 12.2. The number of carboxylic acid groups (broad SMARTS) is 1. The highest BCUT2D eigenvalue weighted by Gasteiger charge is 2.11. The second-order valence-electron chi connectivity index (χ2n) is 4.67. The Bertz CT molecular complexity index is 868. The molecule has 0 saturated carbocycles. The van der Waals surface area contributed by atoms with Crippen LogP contribution in [-0.4, -0.2) is 17.0 Å². The van der Waals surface area contributed by atoms with Crippen LogP contribution < -0.4 is 5.32 Å². The Hall–Kier alpha value is -2.81. The van der Waals surface area contributed by atoms with E-state index in [4.69, 9.17) is 28.3 Å². The number of nitrogens with zero attached hydrogens (tertiary/aromatic N) is 1. The molecule has 1 amide bonds. The van der Waals surface area contributed by atoms with E-state index in [9.17, 15) is 14.9 Å². The smallest absolute Gasteiger partial charge is 0.335 e. The number of benzene rings is 2. The molecule has 0 aliphatic heterocycles. The van der Waals surface area contributed by atoms with Crippen LogP contribution in [0.4, 0.5) is 5.69 Å². The first-order valence-corrected chi connectivity index (χ1v) is 7.38. The van der Waals surface area contributed by atoms with Crippen molar-refractivity contribution in [2.24, 2.45) is 0 Å². The van der Waals surface area contributed by atoms with Gasteiger partial charge in [0.2, 0.25) is 0 Å². The van der Waals surface area contributed by atoms with E-state index in [0.29, 0.717) is 21.3 Å². The quantitative estimate of drug-likeness (QED) is 0.630. The molecule has 2 aromatic rings. The lowest BCUT2D eigenvalue weighted by molar-refractivity contribution is -0.112. The number of amides is 1. The number of halogens is 2. The van der Waals surface area contributed by atoms with Crippen LogP contribution >= 0.6 is 23.2 Å². The average Bonchev–Trinajstić information content (AvgIpc) is 2.54. The molecular formula is C17H10Cl2N2O3. The lowest BCUT2D eigenvalue weighted by atomic mass is 10.1. The van der Waals surface area contributed by atoms with Crippen LogP contribution in [0.2, 0.25) is 10.0 Å². The maximum absolute atomic E-state index is 12.2. The highest BCUT2D eigenvalue weighted by Crippen LogP contribution is 2.23. The summed E-state index contributed by atoms with van der Waals surface area (Å²) in [6, 6.07) is 12.1. The molecule has 0 aliphatic rings. The number of rotatable bonds is 4. The summed E-state index contributed by atoms with van der Waals surface area (Å²) < 4.78 is 0. The molecule has 0 atom stereocenters. The van der Waals surface area contributed by atoms with E-state index in [1.807, 2.05) is 0 Å². The van der Waals surface area contributed by atoms with Crippen molar-refractivity contribution in [1.82, 2.24) is 0 Å². The monoisotopic (exact) mass is 360 g/mol. The van der Waals surface area contributed by atoms with Gasteiger partial charge in [0.05, 0.1) is 5.56 Å². The zero-order chi connectivity index (χ0) is 17.7. The third-order valence-corrected chi connectivity index (χ3v) is 3.58. The number of hydrogen-bond acceptors (Lipinski definition) is 3. The van der Waals surface area contributed by atoms with Crippen LogP contribution in [0.15, 0.2) is 48.0 Å². The van der Waals surface area contributed by atoms with Gasteiger partial charge in [0.15, 0.2) is 0 Å². The molecule has 24 heavy (non-hydrogen) atoms. The maximum Gasteiger partial charge on any atom is 0.335 e. The number of anilines is 1. The number of hydrogen-bond donors (Lipinski definition) is 2.